The molecule has 4 heteroatoms. The summed E-state index contributed by atoms with van der Waals surface area (Å²) in [6.45, 7) is 1.88. The van der Waals surface area contributed by atoms with E-state index in [1.807, 2.05) is 6.07 Å². The Morgan fingerprint density at radius 2 is 1.82 bits per heavy atom. The van der Waals surface area contributed by atoms with Crippen molar-refractivity contribution in [3.05, 3.63) is 35.9 Å². The molecule has 1 aliphatic heterocycles. The molecule has 0 radical (unpaired) electrons. The second-order valence-corrected chi connectivity index (χ2v) is 6.48. The predicted octanol–water partition coefficient (Wildman–Crippen LogP) is 3.46. The van der Waals surface area contributed by atoms with E-state index in [9.17, 15) is 4.79 Å². The molecular formula is C18H27ClN2O. The summed E-state index contributed by atoms with van der Waals surface area (Å²) in [5, 5.41) is 6.70. The first-order valence-electron chi connectivity index (χ1n) is 8.40. The summed E-state index contributed by atoms with van der Waals surface area (Å²) in [7, 11) is 0. The highest BCUT2D eigenvalue weighted by Crippen LogP contribution is 2.36. The molecule has 3 rings (SSSR count). The van der Waals surface area contributed by atoms with Crippen LogP contribution in [0.1, 0.15) is 50.1 Å². The van der Waals surface area contributed by atoms with Crippen LogP contribution >= 0.6 is 12.4 Å². The largest absolute Gasteiger partial charge is 0.349 e. The van der Waals surface area contributed by atoms with Gasteiger partial charge in [-0.2, -0.15) is 0 Å². The van der Waals surface area contributed by atoms with E-state index >= 15 is 0 Å². The Morgan fingerprint density at radius 3 is 2.45 bits per heavy atom. The number of piperidine rings is 1. The van der Waals surface area contributed by atoms with E-state index in [4.69, 9.17) is 0 Å². The number of halogens is 1. The number of rotatable bonds is 4. The van der Waals surface area contributed by atoms with Crippen LogP contribution in [0, 0.1) is 11.8 Å². The van der Waals surface area contributed by atoms with Gasteiger partial charge in [0, 0.05) is 6.54 Å². The minimum absolute atomic E-state index is 0. The lowest BCUT2D eigenvalue weighted by Crippen LogP contribution is -2.43. The molecule has 1 aromatic rings. The van der Waals surface area contributed by atoms with Gasteiger partial charge in [0.05, 0.1) is 12.0 Å². The summed E-state index contributed by atoms with van der Waals surface area (Å²) in [5.74, 6) is 0.988. The lowest BCUT2D eigenvalue weighted by atomic mass is 9.90. The van der Waals surface area contributed by atoms with Gasteiger partial charge >= 0.3 is 0 Å². The van der Waals surface area contributed by atoms with Crippen LogP contribution in [0.4, 0.5) is 0 Å². The molecule has 0 spiro atoms. The third-order valence-electron chi connectivity index (χ3n) is 5.00. The Balaban J connectivity index is 0.00000176. The number of carbonyl (C=O) groups is 1. The minimum atomic E-state index is 0. The van der Waals surface area contributed by atoms with Crippen molar-refractivity contribution in [1.82, 2.24) is 10.6 Å². The first-order chi connectivity index (χ1) is 10.3. The molecule has 1 aromatic carbocycles. The second-order valence-electron chi connectivity index (χ2n) is 6.48. The summed E-state index contributed by atoms with van der Waals surface area (Å²) in [4.78, 5) is 12.6. The Hall–Kier alpha value is -1.06. The monoisotopic (exact) mass is 322 g/mol. The Morgan fingerprint density at radius 1 is 1.09 bits per heavy atom. The number of nitrogens with one attached hydrogen (secondary N) is 2. The molecule has 122 valence electrons. The van der Waals surface area contributed by atoms with Crippen molar-refractivity contribution in [2.45, 2.75) is 44.6 Å². The van der Waals surface area contributed by atoms with E-state index in [0.29, 0.717) is 5.92 Å². The summed E-state index contributed by atoms with van der Waals surface area (Å²) < 4.78 is 0. The molecule has 2 fully saturated rings. The van der Waals surface area contributed by atoms with Crippen molar-refractivity contribution < 1.29 is 4.79 Å². The van der Waals surface area contributed by atoms with Gasteiger partial charge in [0.25, 0.3) is 0 Å². The molecule has 2 N–H and O–H groups in total. The maximum absolute atomic E-state index is 12.6. The first-order valence-corrected chi connectivity index (χ1v) is 8.40. The number of hydrogen-bond donors (Lipinski definition) is 2. The van der Waals surface area contributed by atoms with Crippen molar-refractivity contribution in [1.29, 1.82) is 0 Å². The van der Waals surface area contributed by atoms with Crippen molar-refractivity contribution in [3.63, 3.8) is 0 Å². The fourth-order valence-electron chi connectivity index (χ4n) is 3.77. The average Bonchev–Trinajstić information content (AvgIpc) is 3.08. The fourth-order valence-corrected chi connectivity index (χ4v) is 3.77. The Bertz CT molecular complexity index is 453. The average molecular weight is 323 g/mol. The van der Waals surface area contributed by atoms with Gasteiger partial charge in [-0.25, -0.2) is 0 Å². The molecule has 22 heavy (non-hydrogen) atoms. The van der Waals surface area contributed by atoms with Crippen LogP contribution in [0.15, 0.2) is 30.3 Å². The Kier molecular flexibility index (Phi) is 6.71. The van der Waals surface area contributed by atoms with Gasteiger partial charge in [-0.15, -0.1) is 12.4 Å². The zero-order chi connectivity index (χ0) is 14.5. The zero-order valence-corrected chi connectivity index (χ0v) is 13.9. The minimum Gasteiger partial charge on any atom is -0.349 e. The standard InChI is InChI=1S/C18H26N2O.ClH/c21-18(16-11-6-12-19-13-16)20-17(15-9-4-5-10-15)14-7-2-1-3-8-14;/h1-3,7-8,15-17,19H,4-6,9-13H2,(H,20,21);1H. The molecule has 3 nitrogen and oxygen atoms in total. The molecule has 2 unspecified atom stereocenters. The van der Waals surface area contributed by atoms with Crippen LogP contribution in [-0.4, -0.2) is 19.0 Å². The summed E-state index contributed by atoms with van der Waals surface area (Å²) in [5.41, 5.74) is 1.27. The van der Waals surface area contributed by atoms with E-state index < -0.39 is 0 Å². The van der Waals surface area contributed by atoms with Crippen molar-refractivity contribution in [2.75, 3.05) is 13.1 Å². The van der Waals surface area contributed by atoms with Gasteiger partial charge in [0.2, 0.25) is 5.91 Å². The SMILES string of the molecule is Cl.O=C(NC(c1ccccc1)C1CCCC1)C1CCCNC1. The predicted molar refractivity (Wildman–Crippen MR) is 92.1 cm³/mol. The summed E-state index contributed by atoms with van der Waals surface area (Å²) in [6.07, 6.45) is 7.21. The van der Waals surface area contributed by atoms with E-state index in [0.717, 1.165) is 25.9 Å². The van der Waals surface area contributed by atoms with Crippen LogP contribution < -0.4 is 10.6 Å². The van der Waals surface area contributed by atoms with E-state index in [2.05, 4.69) is 34.9 Å². The van der Waals surface area contributed by atoms with Crippen molar-refractivity contribution >= 4 is 18.3 Å². The molecule has 2 atom stereocenters. The number of benzene rings is 1. The molecule has 1 saturated carbocycles. The van der Waals surface area contributed by atoms with Crippen LogP contribution in [0.5, 0.6) is 0 Å². The molecule has 1 amide bonds. The van der Waals surface area contributed by atoms with Crippen LogP contribution in [-0.2, 0) is 4.79 Å². The van der Waals surface area contributed by atoms with E-state index in [1.54, 1.807) is 0 Å². The maximum Gasteiger partial charge on any atom is 0.224 e. The quantitative estimate of drug-likeness (QED) is 0.891. The van der Waals surface area contributed by atoms with Crippen LogP contribution in [0.3, 0.4) is 0 Å². The number of amides is 1. The fraction of sp³-hybridized carbons (Fsp3) is 0.611. The second kappa shape index (κ2) is 8.54. The number of hydrogen-bond acceptors (Lipinski definition) is 2. The Labute approximate surface area is 139 Å². The normalized spacial score (nSPS) is 23.5. The van der Waals surface area contributed by atoms with Crippen molar-refractivity contribution in [2.24, 2.45) is 11.8 Å². The van der Waals surface area contributed by atoms with Gasteiger partial charge in [-0.1, -0.05) is 43.2 Å². The molecule has 0 bridgehead atoms. The van der Waals surface area contributed by atoms with Gasteiger partial charge in [-0.3, -0.25) is 4.79 Å². The molecular weight excluding hydrogens is 296 g/mol. The first kappa shape index (κ1) is 17.3. The third kappa shape index (κ3) is 4.23. The molecule has 0 aromatic heterocycles. The van der Waals surface area contributed by atoms with Gasteiger partial charge < -0.3 is 10.6 Å². The maximum atomic E-state index is 12.6. The summed E-state index contributed by atoms with van der Waals surface area (Å²) in [6, 6.07) is 10.7. The van der Waals surface area contributed by atoms with Crippen LogP contribution in [0.25, 0.3) is 0 Å². The molecule has 2 aliphatic rings. The number of carbonyl (C=O) groups excluding carboxylic acids is 1. The van der Waals surface area contributed by atoms with E-state index in [1.165, 1.54) is 31.2 Å². The highest BCUT2D eigenvalue weighted by Gasteiger charge is 2.30. The third-order valence-corrected chi connectivity index (χ3v) is 5.00. The highest BCUT2D eigenvalue weighted by molar-refractivity contribution is 5.85. The van der Waals surface area contributed by atoms with Gasteiger partial charge in [0.1, 0.15) is 0 Å². The van der Waals surface area contributed by atoms with Crippen molar-refractivity contribution in [3.8, 4) is 0 Å². The topological polar surface area (TPSA) is 41.1 Å². The smallest absolute Gasteiger partial charge is 0.224 e. The molecule has 1 aliphatic carbocycles. The molecule has 1 saturated heterocycles. The lowest BCUT2D eigenvalue weighted by molar-refractivity contribution is -0.126. The lowest BCUT2D eigenvalue weighted by Gasteiger charge is -2.29. The zero-order valence-electron chi connectivity index (χ0n) is 13.1. The highest BCUT2D eigenvalue weighted by atomic mass is 35.5. The van der Waals surface area contributed by atoms with Gasteiger partial charge in [-0.05, 0) is 43.7 Å². The van der Waals surface area contributed by atoms with Gasteiger partial charge in [0.15, 0.2) is 0 Å². The molecule has 1 heterocycles. The van der Waals surface area contributed by atoms with E-state index in [-0.39, 0.29) is 30.3 Å². The summed E-state index contributed by atoms with van der Waals surface area (Å²) >= 11 is 0. The van der Waals surface area contributed by atoms with Crippen LogP contribution in [0.2, 0.25) is 0 Å².